The van der Waals surface area contributed by atoms with Crippen molar-refractivity contribution in [2.45, 2.75) is 33.6 Å². The third kappa shape index (κ3) is 1.72. The Bertz CT molecular complexity index is 501. The molecule has 0 radical (unpaired) electrons. The zero-order valence-corrected chi connectivity index (χ0v) is 9.70. The van der Waals surface area contributed by atoms with E-state index in [-0.39, 0.29) is 0 Å². The summed E-state index contributed by atoms with van der Waals surface area (Å²) >= 11 is 0. The van der Waals surface area contributed by atoms with E-state index in [1.165, 1.54) is 16.5 Å². The average molecular weight is 200 g/mol. The number of rotatable bonds is 1. The normalized spacial score (nSPS) is 11.3. The van der Waals surface area contributed by atoms with Crippen LogP contribution in [0.15, 0.2) is 18.5 Å². The van der Waals surface area contributed by atoms with Gasteiger partial charge in [-0.25, -0.2) is 9.97 Å². The van der Waals surface area contributed by atoms with Crippen molar-refractivity contribution in [3.63, 3.8) is 0 Å². The summed E-state index contributed by atoms with van der Waals surface area (Å²) < 4.78 is 0. The summed E-state index contributed by atoms with van der Waals surface area (Å²) in [5.74, 6) is 0.549. The van der Waals surface area contributed by atoms with Crippen LogP contribution in [0.3, 0.4) is 0 Å². The number of nitrogens with zero attached hydrogens (tertiary/aromatic N) is 2. The lowest BCUT2D eigenvalue weighted by atomic mass is 9.98. The topological polar surface area (TPSA) is 25.8 Å². The van der Waals surface area contributed by atoms with Gasteiger partial charge in [0.1, 0.15) is 6.33 Å². The van der Waals surface area contributed by atoms with Gasteiger partial charge in [-0.15, -0.1) is 0 Å². The summed E-state index contributed by atoms with van der Waals surface area (Å²) in [6, 6.07) is 4.43. The second kappa shape index (κ2) is 3.61. The Morgan fingerprint density at radius 1 is 1.07 bits per heavy atom. The zero-order chi connectivity index (χ0) is 11.0. The van der Waals surface area contributed by atoms with Crippen molar-refractivity contribution in [1.82, 2.24) is 9.97 Å². The highest BCUT2D eigenvalue weighted by Crippen LogP contribution is 2.24. The Morgan fingerprint density at radius 2 is 1.80 bits per heavy atom. The molecule has 0 N–H and O–H groups in total. The molecule has 0 aliphatic rings. The number of aryl methyl sites for hydroxylation is 2. The largest absolute Gasteiger partial charge is 0.241 e. The van der Waals surface area contributed by atoms with Gasteiger partial charge in [0.15, 0.2) is 0 Å². The van der Waals surface area contributed by atoms with E-state index in [2.05, 4.69) is 42.9 Å². The molecular weight excluding hydrogens is 184 g/mol. The van der Waals surface area contributed by atoms with Crippen molar-refractivity contribution in [2.75, 3.05) is 0 Å². The predicted octanol–water partition coefficient (Wildman–Crippen LogP) is 3.37. The van der Waals surface area contributed by atoms with E-state index in [4.69, 9.17) is 0 Å². The van der Waals surface area contributed by atoms with Gasteiger partial charge < -0.3 is 0 Å². The summed E-state index contributed by atoms with van der Waals surface area (Å²) in [5, 5.41) is 1.18. The van der Waals surface area contributed by atoms with Crippen LogP contribution in [-0.4, -0.2) is 9.97 Å². The van der Waals surface area contributed by atoms with Crippen LogP contribution < -0.4 is 0 Å². The summed E-state index contributed by atoms with van der Waals surface area (Å²) in [4.78, 5) is 8.57. The van der Waals surface area contributed by atoms with Crippen molar-refractivity contribution in [2.24, 2.45) is 0 Å². The third-order valence-corrected chi connectivity index (χ3v) is 2.82. The highest BCUT2D eigenvalue weighted by Gasteiger charge is 2.07. The minimum absolute atomic E-state index is 0.549. The average Bonchev–Trinajstić information content (AvgIpc) is 2.19. The van der Waals surface area contributed by atoms with Crippen LogP contribution in [0.2, 0.25) is 0 Å². The first-order valence-electron chi connectivity index (χ1n) is 5.31. The van der Waals surface area contributed by atoms with Gasteiger partial charge in [0, 0.05) is 11.1 Å². The number of hydrogen-bond donors (Lipinski definition) is 0. The molecule has 0 atom stereocenters. The van der Waals surface area contributed by atoms with Gasteiger partial charge in [-0.2, -0.15) is 0 Å². The van der Waals surface area contributed by atoms with Crippen LogP contribution in [0.5, 0.6) is 0 Å². The number of fused-ring (bicyclic) bond motifs is 1. The molecule has 0 unspecified atom stereocenters. The minimum atomic E-state index is 0.549. The lowest BCUT2D eigenvalue weighted by Crippen LogP contribution is -1.94. The lowest BCUT2D eigenvalue weighted by molar-refractivity contribution is 0.866. The van der Waals surface area contributed by atoms with Crippen LogP contribution >= 0.6 is 0 Å². The smallest absolute Gasteiger partial charge is 0.116 e. The Labute approximate surface area is 90.4 Å². The van der Waals surface area contributed by atoms with E-state index in [0.717, 1.165) is 11.2 Å². The highest BCUT2D eigenvalue weighted by molar-refractivity contribution is 5.84. The van der Waals surface area contributed by atoms with Crippen molar-refractivity contribution >= 4 is 10.9 Å². The molecule has 0 bridgehead atoms. The fourth-order valence-corrected chi connectivity index (χ4v) is 1.83. The molecular formula is C13H16N2. The lowest BCUT2D eigenvalue weighted by Gasteiger charge is -2.10. The molecule has 78 valence electrons. The van der Waals surface area contributed by atoms with Gasteiger partial charge in [-0.3, -0.25) is 0 Å². The summed E-state index contributed by atoms with van der Waals surface area (Å²) in [5.41, 5.74) is 4.73. The fourth-order valence-electron chi connectivity index (χ4n) is 1.83. The molecule has 0 saturated heterocycles. The SMILES string of the molecule is Cc1ncnc2c(C)cc(C(C)C)cc12. The zero-order valence-electron chi connectivity index (χ0n) is 9.70. The fraction of sp³-hybridized carbons (Fsp3) is 0.385. The van der Waals surface area contributed by atoms with E-state index in [0.29, 0.717) is 5.92 Å². The van der Waals surface area contributed by atoms with Crippen molar-refractivity contribution in [3.05, 3.63) is 35.3 Å². The van der Waals surface area contributed by atoms with E-state index in [1.54, 1.807) is 6.33 Å². The molecule has 0 amide bonds. The van der Waals surface area contributed by atoms with Crippen LogP contribution in [0, 0.1) is 13.8 Å². The summed E-state index contributed by atoms with van der Waals surface area (Å²) in [6.07, 6.45) is 1.64. The van der Waals surface area contributed by atoms with Gasteiger partial charge in [-0.05, 0) is 37.0 Å². The number of hydrogen-bond acceptors (Lipinski definition) is 2. The number of benzene rings is 1. The molecule has 2 aromatic rings. The summed E-state index contributed by atoms with van der Waals surface area (Å²) in [7, 11) is 0. The first kappa shape index (κ1) is 10.1. The molecule has 2 heteroatoms. The standard InChI is InChI=1S/C13H16N2/c1-8(2)11-5-9(3)13-12(6-11)10(4)14-7-15-13/h5-8H,1-4H3. The Morgan fingerprint density at radius 3 is 2.47 bits per heavy atom. The number of aromatic nitrogens is 2. The second-order valence-electron chi connectivity index (χ2n) is 4.35. The van der Waals surface area contributed by atoms with Gasteiger partial charge in [0.05, 0.1) is 5.52 Å². The third-order valence-electron chi connectivity index (χ3n) is 2.82. The first-order valence-corrected chi connectivity index (χ1v) is 5.31. The molecule has 2 nitrogen and oxygen atoms in total. The molecule has 0 fully saturated rings. The van der Waals surface area contributed by atoms with Crippen LogP contribution in [0.25, 0.3) is 10.9 Å². The monoisotopic (exact) mass is 200 g/mol. The van der Waals surface area contributed by atoms with Crippen molar-refractivity contribution < 1.29 is 0 Å². The predicted molar refractivity (Wildman–Crippen MR) is 63.1 cm³/mol. The maximum Gasteiger partial charge on any atom is 0.116 e. The van der Waals surface area contributed by atoms with Crippen molar-refractivity contribution in [1.29, 1.82) is 0 Å². The van der Waals surface area contributed by atoms with Gasteiger partial charge in [0.25, 0.3) is 0 Å². The molecule has 2 rings (SSSR count). The maximum absolute atomic E-state index is 4.33. The highest BCUT2D eigenvalue weighted by atomic mass is 14.8. The molecule has 1 heterocycles. The molecule has 1 aromatic heterocycles. The first-order chi connectivity index (χ1) is 7.09. The van der Waals surface area contributed by atoms with E-state index >= 15 is 0 Å². The Hall–Kier alpha value is -1.44. The van der Waals surface area contributed by atoms with Crippen molar-refractivity contribution in [3.8, 4) is 0 Å². The molecule has 0 aliphatic heterocycles. The molecule has 0 saturated carbocycles. The van der Waals surface area contributed by atoms with Crippen LogP contribution in [-0.2, 0) is 0 Å². The molecule has 1 aromatic carbocycles. The van der Waals surface area contributed by atoms with Gasteiger partial charge in [0.2, 0.25) is 0 Å². The quantitative estimate of drug-likeness (QED) is 0.705. The molecule has 0 spiro atoms. The second-order valence-corrected chi connectivity index (χ2v) is 4.35. The Kier molecular flexibility index (Phi) is 2.43. The Balaban J connectivity index is 2.80. The van der Waals surface area contributed by atoms with Gasteiger partial charge in [-0.1, -0.05) is 19.9 Å². The van der Waals surface area contributed by atoms with E-state index in [1.807, 2.05) is 6.92 Å². The van der Waals surface area contributed by atoms with Crippen LogP contribution in [0.1, 0.15) is 36.6 Å². The maximum atomic E-state index is 4.33. The van der Waals surface area contributed by atoms with E-state index < -0.39 is 0 Å². The van der Waals surface area contributed by atoms with Gasteiger partial charge >= 0.3 is 0 Å². The summed E-state index contributed by atoms with van der Waals surface area (Å²) in [6.45, 7) is 8.56. The minimum Gasteiger partial charge on any atom is -0.241 e. The molecule has 0 aliphatic carbocycles. The van der Waals surface area contributed by atoms with Crippen LogP contribution in [0.4, 0.5) is 0 Å². The van der Waals surface area contributed by atoms with E-state index in [9.17, 15) is 0 Å². The molecule has 15 heavy (non-hydrogen) atoms.